The molecule has 9 heteroatoms. The fourth-order valence-electron chi connectivity index (χ4n) is 5.93. The van der Waals surface area contributed by atoms with Crippen LogP contribution in [-0.2, 0) is 32.8 Å². The van der Waals surface area contributed by atoms with Gasteiger partial charge in [0.2, 0.25) is 6.29 Å². The van der Waals surface area contributed by atoms with E-state index in [4.69, 9.17) is 35.6 Å². The Labute approximate surface area is 324 Å². The summed E-state index contributed by atoms with van der Waals surface area (Å²) in [6.07, 6.45) is 21.4. The van der Waals surface area contributed by atoms with Gasteiger partial charge >= 0.3 is 6.16 Å². The molecule has 1 saturated heterocycles. The molecule has 0 radical (unpaired) electrons. The van der Waals surface area contributed by atoms with Crippen molar-refractivity contribution in [2.45, 2.75) is 219 Å². The van der Waals surface area contributed by atoms with Crippen molar-refractivity contribution in [1.82, 2.24) is 0 Å². The van der Waals surface area contributed by atoms with Gasteiger partial charge in [0, 0.05) is 13.2 Å². The highest BCUT2D eigenvalue weighted by atomic mass is 28.4. The summed E-state index contributed by atoms with van der Waals surface area (Å²) >= 11 is 0. The molecular formula is C43H82O8Si. The minimum atomic E-state index is -2.26. The van der Waals surface area contributed by atoms with Crippen LogP contribution in [0.2, 0.25) is 18.1 Å². The van der Waals surface area contributed by atoms with Crippen LogP contribution >= 0.6 is 0 Å². The largest absolute Gasteiger partial charge is 0.509 e. The molecule has 8 nitrogen and oxygen atoms in total. The SMILES string of the molecule is [2H]C(CCCCCCCCCCC)O[C@H]1[C@H](OC(=O)OCC=C)[C@@H](CO[Si](C)(C)C(C)(C)C)OC(O/C=C/C)[C@@H]1OC([2H])CCCCCCCCCCC. The maximum Gasteiger partial charge on any atom is 0.509 e. The molecule has 306 valence electrons. The standard InChI is InChI=1S/C43H82O8Si/c1-10-14-16-18-20-22-24-26-28-30-34-45-39-38(51-42(44)48-33-13-4)37(36-49-52(8,9)43(5,6)7)50-41(47-32-12-3)40(39)46-35-31-29-27-25-23-21-19-17-15-11-2/h12-13,32,37-41H,4,10-11,14-31,33-36H2,1-3,5-9H3/b32-12+/t37-,38-,39+,40-,41?/m1/s1/i34D,35D/t34?,35?,37-,38-,39+,40-,41?. The van der Waals surface area contributed by atoms with E-state index in [1.54, 1.807) is 6.08 Å². The van der Waals surface area contributed by atoms with Crippen molar-refractivity contribution < 1.29 is 40.4 Å². The van der Waals surface area contributed by atoms with Gasteiger partial charge in [0.1, 0.15) is 24.9 Å². The van der Waals surface area contributed by atoms with Gasteiger partial charge in [-0.15, -0.1) is 0 Å². The highest BCUT2D eigenvalue weighted by molar-refractivity contribution is 6.74. The number of ether oxygens (including phenoxy) is 6. The minimum absolute atomic E-state index is 0.0246. The molecule has 3 unspecified atom stereocenters. The second-order valence-corrected chi connectivity index (χ2v) is 20.7. The van der Waals surface area contributed by atoms with E-state index >= 15 is 0 Å². The Balaban J connectivity index is 3.23. The third-order valence-electron chi connectivity index (χ3n) is 10.3. The Morgan fingerprint density at radius 2 is 1.21 bits per heavy atom. The van der Waals surface area contributed by atoms with Crippen LogP contribution in [0.25, 0.3) is 0 Å². The topological polar surface area (TPSA) is 81.7 Å². The number of hydrogen-bond donors (Lipinski definition) is 0. The zero-order valence-electron chi connectivity index (χ0n) is 36.8. The van der Waals surface area contributed by atoms with Gasteiger partial charge in [0.25, 0.3) is 0 Å². The Bertz CT molecular complexity index is 978. The van der Waals surface area contributed by atoms with Crippen LogP contribution in [0.1, 0.15) is 173 Å². The van der Waals surface area contributed by atoms with Crippen molar-refractivity contribution in [1.29, 1.82) is 0 Å². The number of carbonyl (C=O) groups excluding carboxylic acids is 1. The monoisotopic (exact) mass is 757 g/mol. The summed E-state index contributed by atoms with van der Waals surface area (Å²) in [6.45, 7) is 19.0. The van der Waals surface area contributed by atoms with E-state index in [9.17, 15) is 4.79 Å². The highest BCUT2D eigenvalue weighted by Crippen LogP contribution is 2.38. The van der Waals surface area contributed by atoms with E-state index in [1.807, 2.05) is 6.92 Å². The number of rotatable bonds is 32. The van der Waals surface area contributed by atoms with Crippen LogP contribution < -0.4 is 0 Å². The first kappa shape index (κ1) is 45.0. The lowest BCUT2D eigenvalue weighted by Gasteiger charge is -2.46. The first-order valence-electron chi connectivity index (χ1n) is 22.1. The second-order valence-electron chi connectivity index (χ2n) is 15.9. The predicted octanol–water partition coefficient (Wildman–Crippen LogP) is 12.6. The normalized spacial score (nSPS) is 22.8. The lowest BCUT2D eigenvalue weighted by atomic mass is 9.98. The molecule has 1 rings (SSSR count). The summed E-state index contributed by atoms with van der Waals surface area (Å²) in [6, 6.07) is 0. The molecule has 0 bridgehead atoms. The van der Waals surface area contributed by atoms with Gasteiger partial charge in [-0.1, -0.05) is 169 Å². The molecule has 0 saturated carbocycles. The molecule has 1 heterocycles. The number of allylic oxidation sites excluding steroid dienone is 1. The van der Waals surface area contributed by atoms with Crippen LogP contribution in [0.3, 0.4) is 0 Å². The minimum Gasteiger partial charge on any atom is -0.470 e. The average Bonchev–Trinajstić information content (AvgIpc) is 3.12. The van der Waals surface area contributed by atoms with E-state index in [0.717, 1.165) is 38.5 Å². The van der Waals surface area contributed by atoms with Crippen LogP contribution in [0.15, 0.2) is 25.0 Å². The summed E-state index contributed by atoms with van der Waals surface area (Å²) in [5.74, 6) is 0. The van der Waals surface area contributed by atoms with Gasteiger partial charge < -0.3 is 32.8 Å². The lowest BCUT2D eigenvalue weighted by Crippen LogP contribution is -2.62. The molecular weight excluding hydrogens is 673 g/mol. The number of carbonyl (C=O) groups is 1. The molecule has 0 aliphatic carbocycles. The Kier molecular flexibility index (Phi) is 25.9. The van der Waals surface area contributed by atoms with Gasteiger partial charge in [0.05, 0.1) is 15.6 Å². The fourth-order valence-corrected chi connectivity index (χ4v) is 6.95. The molecule has 1 fully saturated rings. The Morgan fingerprint density at radius 3 is 1.65 bits per heavy atom. The third-order valence-corrected chi connectivity index (χ3v) is 14.8. The number of hydrogen-bond acceptors (Lipinski definition) is 8. The smallest absolute Gasteiger partial charge is 0.470 e. The average molecular weight is 757 g/mol. The summed E-state index contributed by atoms with van der Waals surface area (Å²) in [4.78, 5) is 13.0. The van der Waals surface area contributed by atoms with E-state index in [0.29, 0.717) is 12.8 Å². The van der Waals surface area contributed by atoms with E-state index in [-0.39, 0.29) is 18.3 Å². The van der Waals surface area contributed by atoms with Crippen LogP contribution in [-0.4, -0.2) is 71.6 Å². The zero-order valence-corrected chi connectivity index (χ0v) is 35.8. The third kappa shape index (κ3) is 21.5. The van der Waals surface area contributed by atoms with E-state index in [2.05, 4.69) is 54.3 Å². The van der Waals surface area contributed by atoms with Gasteiger partial charge in [-0.3, -0.25) is 0 Å². The maximum absolute atomic E-state index is 13.0. The van der Waals surface area contributed by atoms with E-state index < -0.39 is 58.3 Å². The maximum atomic E-state index is 13.0. The fraction of sp³-hybridized carbons (Fsp3) is 0.884. The van der Waals surface area contributed by atoms with Crippen molar-refractivity contribution >= 4 is 14.5 Å². The van der Waals surface area contributed by atoms with Crippen molar-refractivity contribution in [3.05, 3.63) is 25.0 Å². The van der Waals surface area contributed by atoms with Gasteiger partial charge in [-0.25, -0.2) is 4.79 Å². The first-order valence-corrected chi connectivity index (χ1v) is 23.9. The molecule has 0 amide bonds. The van der Waals surface area contributed by atoms with Crippen LogP contribution in [0.4, 0.5) is 4.79 Å². The Hall–Kier alpha value is -1.39. The molecule has 7 atom stereocenters. The van der Waals surface area contributed by atoms with Gasteiger partial charge in [-0.2, -0.15) is 0 Å². The van der Waals surface area contributed by atoms with Gasteiger partial charge in [-0.05, 0) is 37.9 Å². The zero-order chi connectivity index (χ0) is 40.2. The second kappa shape index (κ2) is 29.9. The Morgan fingerprint density at radius 1 is 0.750 bits per heavy atom. The first-order chi connectivity index (χ1) is 25.8. The van der Waals surface area contributed by atoms with Crippen LogP contribution in [0.5, 0.6) is 0 Å². The summed E-state index contributed by atoms with van der Waals surface area (Å²) in [7, 11) is -2.26. The van der Waals surface area contributed by atoms with Crippen molar-refractivity contribution in [2.75, 3.05) is 26.4 Å². The highest BCUT2D eigenvalue weighted by Gasteiger charge is 2.51. The summed E-state index contributed by atoms with van der Waals surface area (Å²) in [5.41, 5.74) is 0. The van der Waals surface area contributed by atoms with Crippen LogP contribution in [0, 0.1) is 0 Å². The number of unbranched alkanes of at least 4 members (excludes halogenated alkanes) is 16. The molecule has 52 heavy (non-hydrogen) atoms. The molecule has 0 aromatic rings. The molecule has 1 aliphatic rings. The molecule has 1 aliphatic heterocycles. The van der Waals surface area contributed by atoms with E-state index in [1.165, 1.54) is 89.4 Å². The molecule has 0 aromatic carbocycles. The molecule has 0 spiro atoms. The lowest BCUT2D eigenvalue weighted by molar-refractivity contribution is -0.305. The summed E-state index contributed by atoms with van der Waals surface area (Å²) < 4.78 is 61.3. The van der Waals surface area contributed by atoms with Crippen molar-refractivity contribution in [2.24, 2.45) is 0 Å². The quantitative estimate of drug-likeness (QED) is 0.0221. The van der Waals surface area contributed by atoms with Crippen molar-refractivity contribution in [3.63, 3.8) is 0 Å². The summed E-state index contributed by atoms with van der Waals surface area (Å²) in [5, 5.41) is -0.0708. The molecule has 0 N–H and O–H groups in total. The van der Waals surface area contributed by atoms with Gasteiger partial charge in [0.15, 0.2) is 14.4 Å². The predicted molar refractivity (Wildman–Crippen MR) is 217 cm³/mol. The van der Waals surface area contributed by atoms with Crippen molar-refractivity contribution in [3.8, 4) is 0 Å². The molecule has 0 aromatic heterocycles.